The zero-order valence-corrected chi connectivity index (χ0v) is 20.7. The number of hydrogen-bond donors (Lipinski definition) is 4. The number of carboxylic acid groups (broad SMARTS) is 1. The number of rotatable bonds is 10. The van der Waals surface area contributed by atoms with Gasteiger partial charge in [0.15, 0.2) is 0 Å². The van der Waals surface area contributed by atoms with Crippen molar-refractivity contribution in [3.63, 3.8) is 0 Å². The maximum absolute atomic E-state index is 13.8. The van der Waals surface area contributed by atoms with E-state index in [0.29, 0.717) is 30.6 Å². The normalized spacial score (nSPS) is 11.8. The van der Waals surface area contributed by atoms with E-state index in [1.54, 1.807) is 13.1 Å². The standard InChI is InChI=1S/C29H31FN4O2/c1-4-22-15-24(30)12-19(3)28(22)34-26(29(35)36)13-20-5-7-23(8-6-20)25-14-21(16-32-25)17-33-27-11-18(2)9-10-31-27/h5-12,14-16,26,32,34H,4,13,17H2,1-3H3,(H,31,33)(H,35,36). The van der Waals surface area contributed by atoms with Crippen LogP contribution in [0.4, 0.5) is 15.9 Å². The summed E-state index contributed by atoms with van der Waals surface area (Å²) >= 11 is 0. The summed E-state index contributed by atoms with van der Waals surface area (Å²) in [7, 11) is 0. The van der Waals surface area contributed by atoms with Crippen molar-refractivity contribution < 1.29 is 14.3 Å². The van der Waals surface area contributed by atoms with E-state index in [1.807, 2.05) is 56.4 Å². The van der Waals surface area contributed by atoms with Crippen LogP contribution in [-0.2, 0) is 24.2 Å². The van der Waals surface area contributed by atoms with Gasteiger partial charge in [-0.1, -0.05) is 31.2 Å². The number of H-pyrrole nitrogens is 1. The zero-order chi connectivity index (χ0) is 25.7. The molecular weight excluding hydrogens is 455 g/mol. The average Bonchev–Trinajstić information content (AvgIpc) is 3.33. The van der Waals surface area contributed by atoms with E-state index >= 15 is 0 Å². The third kappa shape index (κ3) is 6.10. The number of benzene rings is 2. The number of carboxylic acids is 1. The molecule has 36 heavy (non-hydrogen) atoms. The van der Waals surface area contributed by atoms with Crippen LogP contribution >= 0.6 is 0 Å². The van der Waals surface area contributed by atoms with Crippen molar-refractivity contribution in [2.45, 2.75) is 46.2 Å². The summed E-state index contributed by atoms with van der Waals surface area (Å²) in [6.45, 7) is 6.40. The van der Waals surface area contributed by atoms with Crippen molar-refractivity contribution in [1.82, 2.24) is 9.97 Å². The maximum Gasteiger partial charge on any atom is 0.326 e. The molecule has 186 valence electrons. The molecular formula is C29H31FN4O2. The second kappa shape index (κ2) is 11.1. The summed E-state index contributed by atoms with van der Waals surface area (Å²) in [6.07, 6.45) is 4.67. The SMILES string of the molecule is CCc1cc(F)cc(C)c1NC(Cc1ccc(-c2cc(CNc3cc(C)ccn3)c[nH]2)cc1)C(=O)O. The first kappa shape index (κ1) is 25.0. The van der Waals surface area contributed by atoms with Gasteiger partial charge < -0.3 is 20.7 Å². The van der Waals surface area contributed by atoms with Crippen LogP contribution in [0.25, 0.3) is 11.3 Å². The van der Waals surface area contributed by atoms with Crippen LogP contribution < -0.4 is 10.6 Å². The average molecular weight is 487 g/mol. The van der Waals surface area contributed by atoms with E-state index < -0.39 is 12.0 Å². The predicted octanol–water partition coefficient (Wildman–Crippen LogP) is 6.11. The number of nitrogens with one attached hydrogen (secondary N) is 3. The molecule has 2 heterocycles. The highest BCUT2D eigenvalue weighted by atomic mass is 19.1. The lowest BCUT2D eigenvalue weighted by atomic mass is 10.0. The summed E-state index contributed by atoms with van der Waals surface area (Å²) in [4.78, 5) is 19.6. The van der Waals surface area contributed by atoms with Crippen molar-refractivity contribution in [1.29, 1.82) is 0 Å². The molecule has 4 aromatic rings. The molecule has 0 aliphatic carbocycles. The van der Waals surface area contributed by atoms with Gasteiger partial charge in [-0.2, -0.15) is 0 Å². The van der Waals surface area contributed by atoms with Gasteiger partial charge in [-0.05, 0) is 84.0 Å². The molecule has 4 N–H and O–H groups in total. The zero-order valence-electron chi connectivity index (χ0n) is 20.7. The number of pyridine rings is 1. The summed E-state index contributed by atoms with van der Waals surface area (Å²) in [6, 6.07) is 16.0. The number of aryl methyl sites for hydroxylation is 3. The van der Waals surface area contributed by atoms with E-state index in [0.717, 1.165) is 39.3 Å². The molecule has 7 heteroatoms. The molecule has 2 aromatic carbocycles. The van der Waals surface area contributed by atoms with Crippen molar-refractivity contribution in [2.24, 2.45) is 0 Å². The van der Waals surface area contributed by atoms with Crippen molar-refractivity contribution in [2.75, 3.05) is 10.6 Å². The number of aromatic amines is 1. The topological polar surface area (TPSA) is 90.0 Å². The first-order valence-electron chi connectivity index (χ1n) is 12.0. The van der Waals surface area contributed by atoms with Gasteiger partial charge in [0.1, 0.15) is 17.7 Å². The van der Waals surface area contributed by atoms with Crippen LogP contribution in [0.1, 0.15) is 34.7 Å². The molecule has 1 atom stereocenters. The van der Waals surface area contributed by atoms with Gasteiger partial charge in [-0.25, -0.2) is 14.2 Å². The van der Waals surface area contributed by atoms with E-state index in [1.165, 1.54) is 12.1 Å². The molecule has 4 rings (SSSR count). The van der Waals surface area contributed by atoms with Gasteiger partial charge in [0.2, 0.25) is 0 Å². The highest BCUT2D eigenvalue weighted by Gasteiger charge is 2.20. The van der Waals surface area contributed by atoms with Gasteiger partial charge >= 0.3 is 5.97 Å². The molecule has 0 aliphatic heterocycles. The Bertz CT molecular complexity index is 1350. The minimum Gasteiger partial charge on any atom is -0.480 e. The number of aromatic nitrogens is 2. The van der Waals surface area contributed by atoms with Crippen LogP contribution in [0.2, 0.25) is 0 Å². The van der Waals surface area contributed by atoms with Crippen LogP contribution in [0.5, 0.6) is 0 Å². The Morgan fingerprint density at radius 2 is 1.86 bits per heavy atom. The third-order valence-electron chi connectivity index (χ3n) is 6.22. The van der Waals surface area contributed by atoms with E-state index in [4.69, 9.17) is 0 Å². The molecule has 0 spiro atoms. The molecule has 1 unspecified atom stereocenters. The van der Waals surface area contributed by atoms with Crippen molar-refractivity contribution in [3.05, 3.63) is 101 Å². The number of aliphatic carboxylic acids is 1. The minimum absolute atomic E-state index is 0.305. The molecule has 0 saturated heterocycles. The first-order chi connectivity index (χ1) is 17.3. The van der Waals surface area contributed by atoms with Crippen LogP contribution in [-0.4, -0.2) is 27.1 Å². The van der Waals surface area contributed by atoms with Crippen LogP contribution in [0.3, 0.4) is 0 Å². The number of hydrogen-bond acceptors (Lipinski definition) is 4. The lowest BCUT2D eigenvalue weighted by Gasteiger charge is -2.20. The molecule has 0 fully saturated rings. The summed E-state index contributed by atoms with van der Waals surface area (Å²) in [5, 5.41) is 16.3. The first-order valence-corrected chi connectivity index (χ1v) is 12.0. The van der Waals surface area contributed by atoms with E-state index in [-0.39, 0.29) is 5.82 Å². The summed E-state index contributed by atoms with van der Waals surface area (Å²) < 4.78 is 13.8. The Hall–Kier alpha value is -4.13. The Morgan fingerprint density at radius 3 is 2.56 bits per heavy atom. The molecule has 0 radical (unpaired) electrons. The van der Waals surface area contributed by atoms with E-state index in [2.05, 4.69) is 26.7 Å². The Labute approximate surface area is 210 Å². The van der Waals surface area contributed by atoms with E-state index in [9.17, 15) is 14.3 Å². The molecule has 0 saturated carbocycles. The van der Waals surface area contributed by atoms with Gasteiger partial charge in [0.05, 0.1) is 0 Å². The van der Waals surface area contributed by atoms with Crippen molar-refractivity contribution >= 4 is 17.5 Å². The minimum atomic E-state index is -0.950. The third-order valence-corrected chi connectivity index (χ3v) is 6.22. The van der Waals surface area contributed by atoms with Gasteiger partial charge in [0, 0.05) is 36.7 Å². The fraction of sp³-hybridized carbons (Fsp3) is 0.241. The Kier molecular flexibility index (Phi) is 7.68. The second-order valence-corrected chi connectivity index (χ2v) is 9.04. The number of anilines is 2. The molecule has 0 bridgehead atoms. The number of halogens is 1. The highest BCUT2D eigenvalue weighted by molar-refractivity contribution is 5.79. The lowest BCUT2D eigenvalue weighted by Crippen LogP contribution is -2.32. The molecule has 2 aromatic heterocycles. The quantitative estimate of drug-likeness (QED) is 0.217. The molecule has 0 amide bonds. The van der Waals surface area contributed by atoms with Crippen molar-refractivity contribution in [3.8, 4) is 11.3 Å². The fourth-order valence-corrected chi connectivity index (χ4v) is 4.26. The highest BCUT2D eigenvalue weighted by Crippen LogP contribution is 2.25. The maximum atomic E-state index is 13.8. The number of carbonyl (C=O) groups is 1. The Balaban J connectivity index is 1.42. The van der Waals surface area contributed by atoms with Crippen LogP contribution in [0, 0.1) is 19.7 Å². The Morgan fingerprint density at radius 1 is 1.08 bits per heavy atom. The number of nitrogens with zero attached hydrogens (tertiary/aromatic N) is 1. The van der Waals surface area contributed by atoms with Gasteiger partial charge in [-0.3, -0.25) is 0 Å². The lowest BCUT2D eigenvalue weighted by molar-refractivity contribution is -0.137. The largest absolute Gasteiger partial charge is 0.480 e. The second-order valence-electron chi connectivity index (χ2n) is 9.04. The van der Waals surface area contributed by atoms with Crippen LogP contribution in [0.15, 0.2) is 67.0 Å². The summed E-state index contributed by atoms with van der Waals surface area (Å²) in [5.41, 5.74) is 7.31. The summed E-state index contributed by atoms with van der Waals surface area (Å²) in [5.74, 6) is -0.424. The molecule has 0 aliphatic rings. The fourth-order valence-electron chi connectivity index (χ4n) is 4.26. The molecule has 6 nitrogen and oxygen atoms in total. The van der Waals surface area contributed by atoms with Gasteiger partial charge in [-0.15, -0.1) is 0 Å². The predicted molar refractivity (Wildman–Crippen MR) is 142 cm³/mol. The van der Waals surface area contributed by atoms with Gasteiger partial charge in [0.25, 0.3) is 0 Å². The smallest absolute Gasteiger partial charge is 0.326 e. The monoisotopic (exact) mass is 486 g/mol.